The van der Waals surface area contributed by atoms with Gasteiger partial charge in [-0.15, -0.1) is 0 Å². The lowest BCUT2D eigenvalue weighted by Gasteiger charge is -2.18. The smallest absolute Gasteiger partial charge is 0.374 e. The number of nitrogens with zero attached hydrogens (tertiary/aromatic N) is 1. The van der Waals surface area contributed by atoms with Crippen LogP contribution in [-0.4, -0.2) is 38.4 Å². The van der Waals surface area contributed by atoms with E-state index in [1.165, 1.54) is 0 Å². The molecule has 29 heavy (non-hydrogen) atoms. The maximum Gasteiger partial charge on any atom is 0.374 e. The number of hydrogen-bond acceptors (Lipinski definition) is 9. The minimum atomic E-state index is -3.53. The number of aryl methyl sites for hydroxylation is 1. The van der Waals surface area contributed by atoms with E-state index in [1.807, 2.05) is 6.07 Å². The first kappa shape index (κ1) is 24.9. The molecule has 0 amide bonds. The first-order valence-electron chi connectivity index (χ1n) is 9.49. The number of esters is 2. The number of hydrogen-bond donors (Lipinski definition) is 0. The van der Waals surface area contributed by atoms with Crippen LogP contribution in [0.15, 0.2) is 4.42 Å². The second kappa shape index (κ2) is 11.8. The first-order valence-corrected chi connectivity index (χ1v) is 11.2. The molecule has 1 rings (SSSR count). The molecule has 0 spiro atoms. The van der Waals surface area contributed by atoms with Crippen LogP contribution in [0.5, 0.6) is 0 Å². The molecule has 0 radical (unpaired) electrons. The van der Waals surface area contributed by atoms with Crippen molar-refractivity contribution in [3.63, 3.8) is 0 Å². The number of rotatable bonds is 12. The maximum absolute atomic E-state index is 13.0. The van der Waals surface area contributed by atoms with Crippen molar-refractivity contribution in [2.24, 2.45) is 5.92 Å². The molecule has 0 bridgehead atoms. The molecular weight excluding hydrogens is 401 g/mol. The largest absolute Gasteiger partial charge is 0.465 e. The number of furan rings is 1. The minimum Gasteiger partial charge on any atom is -0.465 e. The van der Waals surface area contributed by atoms with Crippen molar-refractivity contribution >= 4 is 19.5 Å². The SMILES string of the molecule is CCOC(=O)c1oc(C)c(CP(=O)(OCC)OCC)c1CC(C#N)C(=O)OCC. The third kappa shape index (κ3) is 6.70. The average molecular weight is 429 g/mol. The predicted octanol–water partition coefficient (Wildman–Crippen LogP) is 3.78. The van der Waals surface area contributed by atoms with Gasteiger partial charge in [0, 0.05) is 17.5 Å². The summed E-state index contributed by atoms with van der Waals surface area (Å²) in [5.74, 6) is -2.45. The molecule has 10 heteroatoms. The molecule has 0 saturated heterocycles. The van der Waals surface area contributed by atoms with Gasteiger partial charge < -0.3 is 22.9 Å². The fourth-order valence-corrected chi connectivity index (χ4v) is 4.60. The Balaban J connectivity index is 3.44. The average Bonchev–Trinajstić information content (AvgIpc) is 2.95. The zero-order valence-corrected chi connectivity index (χ0v) is 18.4. The van der Waals surface area contributed by atoms with E-state index in [2.05, 4.69) is 0 Å². The molecule has 1 atom stereocenters. The second-order valence-corrected chi connectivity index (χ2v) is 7.96. The van der Waals surface area contributed by atoms with Gasteiger partial charge in [0.15, 0.2) is 0 Å². The van der Waals surface area contributed by atoms with Crippen LogP contribution in [0.2, 0.25) is 0 Å². The summed E-state index contributed by atoms with van der Waals surface area (Å²) >= 11 is 0. The van der Waals surface area contributed by atoms with Gasteiger partial charge in [0.25, 0.3) is 0 Å². The molecule has 1 aromatic rings. The lowest BCUT2D eigenvalue weighted by atomic mass is 9.97. The van der Waals surface area contributed by atoms with Crippen LogP contribution in [0.1, 0.15) is 55.1 Å². The molecule has 1 unspecified atom stereocenters. The van der Waals surface area contributed by atoms with Gasteiger partial charge in [-0.1, -0.05) is 0 Å². The van der Waals surface area contributed by atoms with Gasteiger partial charge in [-0.25, -0.2) is 4.79 Å². The van der Waals surface area contributed by atoms with Crippen molar-refractivity contribution in [1.29, 1.82) is 5.26 Å². The zero-order chi connectivity index (χ0) is 22.0. The van der Waals surface area contributed by atoms with Crippen molar-refractivity contribution in [2.45, 2.75) is 47.2 Å². The molecule has 0 N–H and O–H groups in total. The van der Waals surface area contributed by atoms with E-state index in [9.17, 15) is 19.4 Å². The van der Waals surface area contributed by atoms with Crippen LogP contribution in [0.3, 0.4) is 0 Å². The molecule has 1 heterocycles. The van der Waals surface area contributed by atoms with Crippen LogP contribution in [0, 0.1) is 24.2 Å². The summed E-state index contributed by atoms with van der Waals surface area (Å²) in [5.41, 5.74) is 0.656. The van der Waals surface area contributed by atoms with E-state index >= 15 is 0 Å². The zero-order valence-electron chi connectivity index (χ0n) is 17.5. The van der Waals surface area contributed by atoms with Gasteiger partial charge in [0.2, 0.25) is 5.76 Å². The molecule has 0 saturated carbocycles. The summed E-state index contributed by atoms with van der Waals surface area (Å²) in [6, 6.07) is 1.88. The van der Waals surface area contributed by atoms with Crippen LogP contribution in [0.25, 0.3) is 0 Å². The normalized spacial score (nSPS) is 12.3. The second-order valence-electron chi connectivity index (χ2n) is 5.91. The fourth-order valence-electron chi connectivity index (χ4n) is 2.75. The van der Waals surface area contributed by atoms with Crippen LogP contribution in [-0.2, 0) is 40.5 Å². The van der Waals surface area contributed by atoms with Crippen LogP contribution < -0.4 is 0 Å². The molecule has 9 nitrogen and oxygen atoms in total. The molecule has 0 aromatic carbocycles. The summed E-state index contributed by atoms with van der Waals surface area (Å²) in [6.45, 7) is 8.79. The number of ether oxygens (including phenoxy) is 2. The molecular formula is C19H28NO8P. The Morgan fingerprint density at radius 2 is 1.62 bits per heavy atom. The highest BCUT2D eigenvalue weighted by molar-refractivity contribution is 7.53. The van der Waals surface area contributed by atoms with Gasteiger partial charge in [0.05, 0.1) is 38.7 Å². The van der Waals surface area contributed by atoms with Crippen molar-refractivity contribution in [1.82, 2.24) is 0 Å². The molecule has 0 aliphatic carbocycles. The van der Waals surface area contributed by atoms with Gasteiger partial charge in [0.1, 0.15) is 11.7 Å². The van der Waals surface area contributed by atoms with E-state index in [1.54, 1.807) is 34.6 Å². The third-order valence-electron chi connectivity index (χ3n) is 3.92. The Labute approximate surface area is 170 Å². The maximum atomic E-state index is 13.0. The summed E-state index contributed by atoms with van der Waals surface area (Å²) < 4.78 is 39.2. The van der Waals surface area contributed by atoms with E-state index in [-0.39, 0.29) is 50.3 Å². The highest BCUT2D eigenvalue weighted by atomic mass is 31.2. The van der Waals surface area contributed by atoms with Crippen molar-refractivity contribution < 1.29 is 37.1 Å². The number of carbonyl (C=O) groups excluding carboxylic acids is 2. The van der Waals surface area contributed by atoms with Crippen molar-refractivity contribution in [2.75, 3.05) is 26.4 Å². The van der Waals surface area contributed by atoms with E-state index in [4.69, 9.17) is 22.9 Å². The molecule has 0 fully saturated rings. The van der Waals surface area contributed by atoms with Crippen LogP contribution >= 0.6 is 7.60 Å². The first-order chi connectivity index (χ1) is 13.8. The Morgan fingerprint density at radius 3 is 2.10 bits per heavy atom. The minimum absolute atomic E-state index is 0.114. The Bertz CT molecular complexity index is 785. The molecule has 0 aliphatic heterocycles. The predicted molar refractivity (Wildman–Crippen MR) is 103 cm³/mol. The lowest BCUT2D eigenvalue weighted by Crippen LogP contribution is -2.20. The quantitative estimate of drug-likeness (QED) is 0.360. The van der Waals surface area contributed by atoms with Gasteiger partial charge in [-0.2, -0.15) is 5.26 Å². The standard InChI is InChI=1S/C19H28NO8P/c1-6-24-18(21)14(11-20)10-15-16(12-29(23,26-8-3)27-9-4)13(5)28-17(15)19(22)25-7-2/h14H,6-10,12H2,1-5H3. The molecule has 0 aliphatic rings. The van der Waals surface area contributed by atoms with E-state index in [0.717, 1.165) is 0 Å². The highest BCUT2D eigenvalue weighted by Crippen LogP contribution is 2.52. The topological polar surface area (TPSA) is 125 Å². The van der Waals surface area contributed by atoms with Gasteiger partial charge in [-0.3, -0.25) is 9.36 Å². The monoisotopic (exact) mass is 429 g/mol. The van der Waals surface area contributed by atoms with Gasteiger partial charge >= 0.3 is 19.5 Å². The number of carbonyl (C=O) groups is 2. The Kier molecular flexibility index (Phi) is 10.1. The lowest BCUT2D eigenvalue weighted by molar-refractivity contribution is -0.145. The summed E-state index contributed by atoms with van der Waals surface area (Å²) in [4.78, 5) is 24.5. The highest BCUT2D eigenvalue weighted by Gasteiger charge is 2.34. The fraction of sp³-hybridized carbons (Fsp3) is 0.632. The van der Waals surface area contributed by atoms with Crippen molar-refractivity contribution in [3.8, 4) is 6.07 Å². The summed E-state index contributed by atoms with van der Waals surface area (Å²) in [6.07, 6.45) is -0.325. The number of nitriles is 1. The van der Waals surface area contributed by atoms with Crippen molar-refractivity contribution in [3.05, 3.63) is 22.6 Å². The third-order valence-corrected chi connectivity index (χ3v) is 5.92. The molecule has 1 aromatic heterocycles. The van der Waals surface area contributed by atoms with E-state index < -0.39 is 25.5 Å². The van der Waals surface area contributed by atoms with Gasteiger partial charge in [-0.05, 0) is 34.6 Å². The summed E-state index contributed by atoms with van der Waals surface area (Å²) in [5, 5.41) is 9.41. The summed E-state index contributed by atoms with van der Waals surface area (Å²) in [7, 11) is -3.53. The Morgan fingerprint density at radius 1 is 1.03 bits per heavy atom. The van der Waals surface area contributed by atoms with E-state index in [0.29, 0.717) is 11.3 Å². The Hall–Kier alpha value is -2.14. The van der Waals surface area contributed by atoms with Crippen LogP contribution in [0.4, 0.5) is 0 Å². The molecule has 162 valence electrons.